The molecule has 20 heavy (non-hydrogen) atoms. The van der Waals surface area contributed by atoms with E-state index in [4.69, 9.17) is 4.74 Å². The minimum atomic E-state index is -0.0641. The van der Waals surface area contributed by atoms with E-state index in [2.05, 4.69) is 20.6 Å². The van der Waals surface area contributed by atoms with Gasteiger partial charge >= 0.3 is 0 Å². The smallest absolute Gasteiger partial charge is 0.239 e. The van der Waals surface area contributed by atoms with E-state index in [9.17, 15) is 4.79 Å². The van der Waals surface area contributed by atoms with Crippen LogP contribution in [0.1, 0.15) is 12.7 Å². The Balaban J connectivity index is 2.62. The summed E-state index contributed by atoms with van der Waals surface area (Å²) in [5, 5.41) is 5.92. The average Bonchev–Trinajstić information content (AvgIpc) is 2.38. The van der Waals surface area contributed by atoms with Gasteiger partial charge in [0.15, 0.2) is 0 Å². The van der Waals surface area contributed by atoms with Crippen molar-refractivity contribution in [2.24, 2.45) is 0 Å². The van der Waals surface area contributed by atoms with Gasteiger partial charge in [0.25, 0.3) is 0 Å². The van der Waals surface area contributed by atoms with Crippen LogP contribution in [0.3, 0.4) is 0 Å². The Hall–Kier alpha value is -1.89. The maximum Gasteiger partial charge on any atom is 0.239 e. The third-order valence-corrected chi connectivity index (χ3v) is 2.58. The van der Waals surface area contributed by atoms with Crippen LogP contribution in [-0.4, -0.2) is 56.3 Å². The number of anilines is 2. The highest BCUT2D eigenvalue weighted by Gasteiger charge is 2.10. The zero-order valence-electron chi connectivity index (χ0n) is 12.6. The van der Waals surface area contributed by atoms with E-state index in [-0.39, 0.29) is 12.5 Å². The molecule has 0 aliphatic rings. The fraction of sp³-hybridized carbons (Fsp3) is 0.615. The van der Waals surface area contributed by atoms with E-state index in [1.54, 1.807) is 12.0 Å². The molecule has 1 aromatic heterocycles. The van der Waals surface area contributed by atoms with Crippen molar-refractivity contribution in [1.29, 1.82) is 0 Å². The van der Waals surface area contributed by atoms with Gasteiger partial charge in [-0.2, -0.15) is 0 Å². The first-order chi connectivity index (χ1) is 9.56. The van der Waals surface area contributed by atoms with Crippen molar-refractivity contribution in [2.75, 3.05) is 50.6 Å². The lowest BCUT2D eigenvalue weighted by Gasteiger charge is -2.18. The normalized spacial score (nSPS) is 10.2. The fourth-order valence-corrected chi connectivity index (χ4v) is 1.66. The number of methoxy groups -OCH3 is 1. The molecular weight excluding hydrogens is 258 g/mol. The van der Waals surface area contributed by atoms with Gasteiger partial charge in [-0.25, -0.2) is 9.97 Å². The first-order valence-corrected chi connectivity index (χ1v) is 6.63. The van der Waals surface area contributed by atoms with Crippen LogP contribution in [0.25, 0.3) is 0 Å². The van der Waals surface area contributed by atoms with Crippen molar-refractivity contribution in [3.05, 3.63) is 11.9 Å². The van der Waals surface area contributed by atoms with E-state index >= 15 is 0 Å². The highest BCUT2D eigenvalue weighted by atomic mass is 16.5. The largest absolute Gasteiger partial charge is 0.383 e. The lowest BCUT2D eigenvalue weighted by Crippen LogP contribution is -2.37. The summed E-state index contributed by atoms with van der Waals surface area (Å²) in [7, 11) is 3.43. The number of nitrogens with one attached hydrogen (secondary N) is 2. The molecule has 0 saturated carbocycles. The molecule has 1 rings (SSSR count). The molecule has 0 bridgehead atoms. The van der Waals surface area contributed by atoms with Crippen LogP contribution in [0.4, 0.5) is 11.6 Å². The summed E-state index contributed by atoms with van der Waals surface area (Å²) in [6.07, 6.45) is 0. The van der Waals surface area contributed by atoms with Gasteiger partial charge in [-0.3, -0.25) is 4.79 Å². The summed E-state index contributed by atoms with van der Waals surface area (Å²) in [5.41, 5.74) is 0. The molecule has 112 valence electrons. The Labute approximate surface area is 119 Å². The first-order valence-electron chi connectivity index (χ1n) is 6.63. The Morgan fingerprint density at radius 3 is 2.85 bits per heavy atom. The molecule has 0 fully saturated rings. The second-order valence-corrected chi connectivity index (χ2v) is 4.39. The van der Waals surface area contributed by atoms with E-state index in [0.29, 0.717) is 19.0 Å². The molecule has 0 spiro atoms. The lowest BCUT2D eigenvalue weighted by molar-refractivity contribution is -0.119. The topological polar surface area (TPSA) is 79.4 Å². The summed E-state index contributed by atoms with van der Waals surface area (Å²) in [6.45, 7) is 5.88. The number of rotatable bonds is 8. The standard InChI is InChI=1S/C13H23N5O2/c1-5-14-11-8-12(17-10(2)16-11)18(3)9-13(19)15-6-7-20-4/h8H,5-7,9H2,1-4H3,(H,15,19)(H,14,16,17). The number of carbonyl (C=O) groups excluding carboxylic acids is 1. The van der Waals surface area contributed by atoms with Crippen LogP contribution in [0, 0.1) is 6.92 Å². The van der Waals surface area contributed by atoms with E-state index < -0.39 is 0 Å². The first kappa shape index (κ1) is 16.2. The minimum Gasteiger partial charge on any atom is -0.383 e. The van der Waals surface area contributed by atoms with Crippen LogP contribution in [0.2, 0.25) is 0 Å². The second-order valence-electron chi connectivity index (χ2n) is 4.39. The predicted octanol–water partition coefficient (Wildman–Crippen LogP) is 0.416. The predicted molar refractivity (Wildman–Crippen MR) is 79.1 cm³/mol. The monoisotopic (exact) mass is 281 g/mol. The lowest BCUT2D eigenvalue weighted by atomic mass is 10.4. The minimum absolute atomic E-state index is 0.0641. The Bertz CT molecular complexity index is 439. The Kier molecular flexibility index (Phi) is 6.72. The van der Waals surface area contributed by atoms with Crippen molar-refractivity contribution in [1.82, 2.24) is 15.3 Å². The molecule has 0 atom stereocenters. The molecule has 7 heteroatoms. The van der Waals surface area contributed by atoms with E-state index in [1.807, 2.05) is 27.0 Å². The summed E-state index contributed by atoms with van der Waals surface area (Å²) in [4.78, 5) is 22.1. The quantitative estimate of drug-likeness (QED) is 0.672. The maximum atomic E-state index is 11.7. The molecule has 0 saturated heterocycles. The van der Waals surface area contributed by atoms with Gasteiger partial charge in [-0.05, 0) is 13.8 Å². The number of aromatic nitrogens is 2. The van der Waals surface area contributed by atoms with E-state index in [1.165, 1.54) is 0 Å². The number of nitrogens with zero attached hydrogens (tertiary/aromatic N) is 3. The number of carbonyl (C=O) groups is 1. The van der Waals surface area contributed by atoms with Crippen LogP contribution in [-0.2, 0) is 9.53 Å². The van der Waals surface area contributed by atoms with Gasteiger partial charge in [-0.15, -0.1) is 0 Å². The molecule has 7 nitrogen and oxygen atoms in total. The Morgan fingerprint density at radius 1 is 1.45 bits per heavy atom. The number of amides is 1. The highest BCUT2D eigenvalue weighted by Crippen LogP contribution is 2.14. The number of ether oxygens (including phenoxy) is 1. The molecule has 1 aromatic rings. The third kappa shape index (κ3) is 5.40. The highest BCUT2D eigenvalue weighted by molar-refractivity contribution is 5.80. The zero-order valence-corrected chi connectivity index (χ0v) is 12.6. The molecule has 0 radical (unpaired) electrons. The van der Waals surface area contributed by atoms with Crippen molar-refractivity contribution >= 4 is 17.5 Å². The SMILES string of the molecule is CCNc1cc(N(C)CC(=O)NCCOC)nc(C)n1. The van der Waals surface area contributed by atoms with Gasteiger partial charge in [0.1, 0.15) is 17.5 Å². The van der Waals surface area contributed by atoms with Crippen molar-refractivity contribution in [3.63, 3.8) is 0 Å². The molecule has 1 amide bonds. The van der Waals surface area contributed by atoms with Crippen molar-refractivity contribution in [2.45, 2.75) is 13.8 Å². The Morgan fingerprint density at radius 2 is 2.20 bits per heavy atom. The maximum absolute atomic E-state index is 11.7. The van der Waals surface area contributed by atoms with Crippen molar-refractivity contribution < 1.29 is 9.53 Å². The number of hydrogen-bond donors (Lipinski definition) is 2. The summed E-state index contributed by atoms with van der Waals surface area (Å²) in [6, 6.07) is 1.83. The molecule has 0 aliphatic carbocycles. The van der Waals surface area contributed by atoms with Gasteiger partial charge in [0.2, 0.25) is 5.91 Å². The second kappa shape index (κ2) is 8.31. The van der Waals surface area contributed by atoms with Gasteiger partial charge in [-0.1, -0.05) is 0 Å². The average molecular weight is 281 g/mol. The third-order valence-electron chi connectivity index (χ3n) is 2.58. The molecule has 0 unspecified atom stereocenters. The zero-order chi connectivity index (χ0) is 15.0. The number of aryl methyl sites for hydroxylation is 1. The summed E-state index contributed by atoms with van der Waals surface area (Å²) in [5.74, 6) is 2.09. The van der Waals surface area contributed by atoms with Gasteiger partial charge < -0.3 is 20.3 Å². The van der Waals surface area contributed by atoms with Crippen LogP contribution in [0.5, 0.6) is 0 Å². The van der Waals surface area contributed by atoms with Crippen molar-refractivity contribution in [3.8, 4) is 0 Å². The van der Waals surface area contributed by atoms with Gasteiger partial charge in [0.05, 0.1) is 13.2 Å². The van der Waals surface area contributed by atoms with Crippen LogP contribution in [0.15, 0.2) is 6.07 Å². The molecule has 0 aliphatic heterocycles. The van der Waals surface area contributed by atoms with Gasteiger partial charge in [0, 0.05) is 33.3 Å². The van der Waals surface area contributed by atoms with Crippen LogP contribution >= 0.6 is 0 Å². The molecule has 1 heterocycles. The summed E-state index contributed by atoms with van der Waals surface area (Å²) >= 11 is 0. The fourth-order valence-electron chi connectivity index (χ4n) is 1.66. The molecule has 2 N–H and O–H groups in total. The summed E-state index contributed by atoms with van der Waals surface area (Å²) < 4.78 is 4.88. The number of likely N-dealkylation sites (N-methyl/N-ethyl adjacent to an activating group) is 1. The molecular formula is C13H23N5O2. The van der Waals surface area contributed by atoms with Crippen LogP contribution < -0.4 is 15.5 Å². The molecule has 0 aromatic carbocycles. The number of hydrogen-bond acceptors (Lipinski definition) is 6. The van der Waals surface area contributed by atoms with E-state index in [0.717, 1.165) is 18.2 Å².